The summed E-state index contributed by atoms with van der Waals surface area (Å²) >= 11 is 1.72. The molecule has 0 fully saturated rings. The van der Waals surface area contributed by atoms with Crippen molar-refractivity contribution in [2.45, 2.75) is 13.0 Å². The molecule has 2 aromatic rings. The average molecular weight is 304 g/mol. The molecule has 1 amide bonds. The zero-order valence-corrected chi connectivity index (χ0v) is 13.3. The summed E-state index contributed by atoms with van der Waals surface area (Å²) in [7, 11) is 1.80. The Bertz CT molecular complexity index is 626. The van der Waals surface area contributed by atoms with Crippen LogP contribution in [-0.4, -0.2) is 45.7 Å². The van der Waals surface area contributed by atoms with Crippen LogP contribution < -0.4 is 5.73 Å². The number of hydrogen-bond donors (Lipinski definition) is 1. The van der Waals surface area contributed by atoms with Crippen LogP contribution in [0.25, 0.3) is 5.69 Å². The molecule has 0 aliphatic carbocycles. The molecule has 0 saturated carbocycles. The van der Waals surface area contributed by atoms with Crippen LogP contribution in [0.4, 0.5) is 5.69 Å². The van der Waals surface area contributed by atoms with Crippen molar-refractivity contribution >= 4 is 23.4 Å². The third-order valence-corrected chi connectivity index (χ3v) is 4.20. The summed E-state index contributed by atoms with van der Waals surface area (Å²) in [4.78, 5) is 14.1. The molecular formula is C15H20N4OS. The van der Waals surface area contributed by atoms with Gasteiger partial charge in [-0.25, -0.2) is 4.68 Å². The van der Waals surface area contributed by atoms with E-state index in [0.717, 1.165) is 11.4 Å². The number of anilines is 1. The number of nitrogens with zero attached hydrogens (tertiary/aromatic N) is 3. The van der Waals surface area contributed by atoms with Crippen LogP contribution in [0, 0.1) is 0 Å². The van der Waals surface area contributed by atoms with E-state index in [4.69, 9.17) is 5.73 Å². The molecule has 112 valence electrons. The smallest absolute Gasteiger partial charge is 0.274 e. The Morgan fingerprint density at radius 2 is 2.14 bits per heavy atom. The second-order valence-electron chi connectivity index (χ2n) is 4.92. The molecule has 2 N–H and O–H groups in total. The van der Waals surface area contributed by atoms with Crippen molar-refractivity contribution in [2.24, 2.45) is 0 Å². The number of aromatic nitrogens is 2. The minimum atomic E-state index is -0.0789. The molecular weight excluding hydrogens is 284 g/mol. The molecule has 0 aliphatic rings. The van der Waals surface area contributed by atoms with Crippen LogP contribution in [0.1, 0.15) is 17.4 Å². The van der Waals surface area contributed by atoms with Gasteiger partial charge >= 0.3 is 0 Å². The molecule has 0 radical (unpaired) electrons. The lowest BCUT2D eigenvalue weighted by molar-refractivity contribution is 0.0751. The van der Waals surface area contributed by atoms with E-state index in [-0.39, 0.29) is 11.9 Å². The topological polar surface area (TPSA) is 64.2 Å². The summed E-state index contributed by atoms with van der Waals surface area (Å²) in [5.41, 5.74) is 7.75. The SMILES string of the molecule is CSCC(C)N(C)C(=O)c1ccn(-c2ccccc2N)n1. The van der Waals surface area contributed by atoms with Gasteiger partial charge in [-0.05, 0) is 31.4 Å². The van der Waals surface area contributed by atoms with E-state index >= 15 is 0 Å². The molecule has 1 aromatic carbocycles. The number of rotatable bonds is 5. The Labute approximate surface area is 129 Å². The summed E-state index contributed by atoms with van der Waals surface area (Å²) in [5, 5.41) is 4.34. The molecule has 0 aliphatic heterocycles. The van der Waals surface area contributed by atoms with E-state index < -0.39 is 0 Å². The van der Waals surface area contributed by atoms with Crippen LogP contribution in [0.2, 0.25) is 0 Å². The Balaban J connectivity index is 2.20. The summed E-state index contributed by atoms with van der Waals surface area (Å²) in [6.45, 7) is 2.03. The highest BCUT2D eigenvalue weighted by atomic mass is 32.2. The fourth-order valence-corrected chi connectivity index (χ4v) is 2.71. The summed E-state index contributed by atoms with van der Waals surface area (Å²) < 4.78 is 1.63. The van der Waals surface area contributed by atoms with Crippen LogP contribution in [0.3, 0.4) is 0 Å². The first kappa shape index (κ1) is 15.4. The van der Waals surface area contributed by atoms with E-state index in [1.165, 1.54) is 0 Å². The maximum absolute atomic E-state index is 12.4. The number of hydrogen-bond acceptors (Lipinski definition) is 4. The molecule has 0 spiro atoms. The lowest BCUT2D eigenvalue weighted by Crippen LogP contribution is -2.36. The Kier molecular flexibility index (Phi) is 4.90. The number of amides is 1. The average Bonchev–Trinajstić information content (AvgIpc) is 2.96. The van der Waals surface area contributed by atoms with E-state index in [1.54, 1.807) is 40.7 Å². The highest BCUT2D eigenvalue weighted by molar-refractivity contribution is 7.98. The van der Waals surface area contributed by atoms with Crippen molar-refractivity contribution in [1.29, 1.82) is 0 Å². The number of carbonyl (C=O) groups excluding carboxylic acids is 1. The van der Waals surface area contributed by atoms with Crippen molar-refractivity contribution in [3.8, 4) is 5.69 Å². The summed E-state index contributed by atoms with van der Waals surface area (Å²) in [6.07, 6.45) is 3.79. The summed E-state index contributed by atoms with van der Waals surface area (Å²) in [6, 6.07) is 9.33. The second-order valence-corrected chi connectivity index (χ2v) is 5.84. The Hall–Kier alpha value is -1.95. The van der Waals surface area contributed by atoms with Gasteiger partial charge in [0.1, 0.15) is 0 Å². The lowest BCUT2D eigenvalue weighted by Gasteiger charge is -2.23. The van der Waals surface area contributed by atoms with E-state index in [1.807, 2.05) is 37.4 Å². The number of carbonyl (C=O) groups is 1. The molecule has 21 heavy (non-hydrogen) atoms. The quantitative estimate of drug-likeness (QED) is 0.861. The zero-order valence-electron chi connectivity index (χ0n) is 12.5. The molecule has 1 unspecified atom stereocenters. The van der Waals surface area contributed by atoms with Crippen molar-refractivity contribution in [3.05, 3.63) is 42.2 Å². The van der Waals surface area contributed by atoms with Crippen LogP contribution >= 0.6 is 11.8 Å². The van der Waals surface area contributed by atoms with E-state index in [0.29, 0.717) is 11.4 Å². The van der Waals surface area contributed by atoms with Gasteiger partial charge in [-0.1, -0.05) is 12.1 Å². The second kappa shape index (κ2) is 6.67. The number of benzene rings is 1. The van der Waals surface area contributed by atoms with Crippen LogP contribution in [0.15, 0.2) is 36.5 Å². The third-order valence-electron chi connectivity index (χ3n) is 3.38. The number of nitrogens with two attached hydrogens (primary N) is 1. The largest absolute Gasteiger partial charge is 0.397 e. The molecule has 0 bridgehead atoms. The molecule has 1 aromatic heterocycles. The molecule has 0 saturated heterocycles. The normalized spacial score (nSPS) is 12.1. The van der Waals surface area contributed by atoms with Gasteiger partial charge in [0.2, 0.25) is 0 Å². The molecule has 6 heteroatoms. The fraction of sp³-hybridized carbons (Fsp3) is 0.333. The standard InChI is InChI=1S/C15H20N4OS/c1-11(10-21-3)18(2)15(20)13-8-9-19(17-13)14-7-5-4-6-12(14)16/h4-9,11H,10,16H2,1-3H3. The van der Waals surface area contributed by atoms with Gasteiger partial charge in [-0.3, -0.25) is 4.79 Å². The van der Waals surface area contributed by atoms with Crippen LogP contribution in [0.5, 0.6) is 0 Å². The van der Waals surface area contributed by atoms with Crippen LogP contribution in [-0.2, 0) is 0 Å². The highest BCUT2D eigenvalue weighted by Gasteiger charge is 2.19. The number of nitrogen functional groups attached to an aromatic ring is 1. The molecule has 1 heterocycles. The zero-order chi connectivity index (χ0) is 15.4. The van der Waals surface area contributed by atoms with E-state index in [9.17, 15) is 4.79 Å². The molecule has 1 atom stereocenters. The molecule has 2 rings (SSSR count). The minimum absolute atomic E-state index is 0.0789. The maximum Gasteiger partial charge on any atom is 0.274 e. The highest BCUT2D eigenvalue weighted by Crippen LogP contribution is 2.16. The van der Waals surface area contributed by atoms with Gasteiger partial charge in [0.15, 0.2) is 5.69 Å². The first-order valence-corrected chi connectivity index (χ1v) is 8.10. The van der Waals surface area contributed by atoms with Crippen molar-refractivity contribution in [1.82, 2.24) is 14.7 Å². The van der Waals surface area contributed by atoms with Gasteiger partial charge in [0.05, 0.1) is 11.4 Å². The lowest BCUT2D eigenvalue weighted by atomic mass is 10.3. The minimum Gasteiger partial charge on any atom is -0.397 e. The number of thioether (sulfide) groups is 1. The van der Waals surface area contributed by atoms with Gasteiger partial charge in [-0.15, -0.1) is 0 Å². The van der Waals surface area contributed by atoms with Gasteiger partial charge < -0.3 is 10.6 Å². The first-order valence-electron chi connectivity index (χ1n) is 6.71. The maximum atomic E-state index is 12.4. The van der Waals surface area contributed by atoms with Crippen molar-refractivity contribution in [3.63, 3.8) is 0 Å². The van der Waals surface area contributed by atoms with Gasteiger partial charge in [0.25, 0.3) is 5.91 Å². The van der Waals surface area contributed by atoms with Crippen molar-refractivity contribution < 1.29 is 4.79 Å². The third kappa shape index (κ3) is 3.39. The van der Waals surface area contributed by atoms with Gasteiger partial charge in [0, 0.05) is 25.0 Å². The van der Waals surface area contributed by atoms with Gasteiger partial charge in [-0.2, -0.15) is 16.9 Å². The van der Waals surface area contributed by atoms with E-state index in [2.05, 4.69) is 5.10 Å². The monoisotopic (exact) mass is 304 g/mol. The molecule has 5 nitrogen and oxygen atoms in total. The number of para-hydroxylation sites is 2. The predicted molar refractivity (Wildman–Crippen MR) is 87.9 cm³/mol. The summed E-state index contributed by atoms with van der Waals surface area (Å²) in [5.74, 6) is 0.819. The first-order chi connectivity index (χ1) is 10.0. The fourth-order valence-electron chi connectivity index (χ4n) is 2.00. The van der Waals surface area contributed by atoms with Crippen molar-refractivity contribution in [2.75, 3.05) is 24.8 Å². The predicted octanol–water partition coefficient (Wildman–Crippen LogP) is 2.28. The Morgan fingerprint density at radius 1 is 1.43 bits per heavy atom. The Morgan fingerprint density at radius 3 is 2.81 bits per heavy atom.